The summed E-state index contributed by atoms with van der Waals surface area (Å²) < 4.78 is 0. The van der Waals surface area contributed by atoms with Gasteiger partial charge in [-0.15, -0.1) is 11.3 Å². The maximum Gasteiger partial charge on any atom is 0.223 e. The van der Waals surface area contributed by atoms with Crippen molar-refractivity contribution < 1.29 is 4.79 Å². The van der Waals surface area contributed by atoms with Gasteiger partial charge in [0.1, 0.15) is 0 Å². The predicted octanol–water partition coefficient (Wildman–Crippen LogP) is 2.79. The second-order valence-corrected chi connectivity index (χ2v) is 7.92. The highest BCUT2D eigenvalue weighted by Gasteiger charge is 2.25. The highest BCUT2D eigenvalue weighted by Crippen LogP contribution is 2.20. The highest BCUT2D eigenvalue weighted by atomic mass is 32.1. The average Bonchev–Trinajstić information content (AvgIpc) is 2.85. The van der Waals surface area contributed by atoms with Gasteiger partial charge in [0.25, 0.3) is 0 Å². The van der Waals surface area contributed by atoms with Gasteiger partial charge in [0.2, 0.25) is 5.91 Å². The average molecular weight is 309 g/mol. The third-order valence-corrected chi connectivity index (χ3v) is 4.74. The first kappa shape index (κ1) is 16.4. The Morgan fingerprint density at radius 3 is 2.48 bits per heavy atom. The van der Waals surface area contributed by atoms with Crippen molar-refractivity contribution >= 4 is 17.2 Å². The number of aryl methyl sites for hydroxylation is 1. The molecule has 0 N–H and O–H groups in total. The van der Waals surface area contributed by atoms with E-state index in [0.717, 1.165) is 39.1 Å². The molecule has 1 fully saturated rings. The minimum atomic E-state index is 0.0748. The number of carbonyl (C=O) groups is 1. The van der Waals surface area contributed by atoms with E-state index in [1.165, 1.54) is 10.7 Å². The van der Waals surface area contributed by atoms with Crippen molar-refractivity contribution in [3.8, 4) is 0 Å². The molecule has 1 amide bonds. The summed E-state index contributed by atoms with van der Waals surface area (Å²) in [6.07, 6.45) is 1.65. The first-order valence-electron chi connectivity index (χ1n) is 7.81. The Hall–Kier alpha value is -0.940. The van der Waals surface area contributed by atoms with Crippen LogP contribution in [0.4, 0.5) is 0 Å². The molecule has 1 aliphatic rings. The molecule has 0 saturated carbocycles. The van der Waals surface area contributed by atoms with Crippen LogP contribution >= 0.6 is 11.3 Å². The van der Waals surface area contributed by atoms with E-state index in [1.54, 1.807) is 11.3 Å². The lowest BCUT2D eigenvalue weighted by atomic mass is 9.91. The third-order valence-electron chi connectivity index (χ3n) is 3.69. The Labute approximate surface area is 132 Å². The van der Waals surface area contributed by atoms with E-state index < -0.39 is 0 Å². The lowest BCUT2D eigenvalue weighted by Crippen LogP contribution is -2.48. The molecule has 0 bridgehead atoms. The van der Waals surface area contributed by atoms with Gasteiger partial charge >= 0.3 is 0 Å². The molecule has 1 aromatic rings. The monoisotopic (exact) mass is 309 g/mol. The molecule has 1 aromatic heterocycles. The van der Waals surface area contributed by atoms with Gasteiger partial charge < -0.3 is 4.90 Å². The molecular weight excluding hydrogens is 282 g/mol. The molecule has 21 heavy (non-hydrogen) atoms. The van der Waals surface area contributed by atoms with Gasteiger partial charge in [-0.2, -0.15) is 0 Å². The normalized spacial score (nSPS) is 17.2. The first-order valence-corrected chi connectivity index (χ1v) is 8.69. The molecule has 0 spiro atoms. The molecule has 0 unspecified atom stereocenters. The van der Waals surface area contributed by atoms with Crippen LogP contribution in [-0.4, -0.2) is 46.9 Å². The Bertz CT molecular complexity index is 470. The Morgan fingerprint density at radius 2 is 1.95 bits per heavy atom. The predicted molar refractivity (Wildman–Crippen MR) is 87.4 cm³/mol. The van der Waals surface area contributed by atoms with Gasteiger partial charge in [-0.25, -0.2) is 4.98 Å². The number of hydrogen-bond acceptors (Lipinski definition) is 4. The minimum absolute atomic E-state index is 0.0748. The molecule has 2 rings (SSSR count). The van der Waals surface area contributed by atoms with Gasteiger partial charge in [-0.1, -0.05) is 27.7 Å². The minimum Gasteiger partial charge on any atom is -0.340 e. The number of nitrogens with zero attached hydrogens (tertiary/aromatic N) is 3. The van der Waals surface area contributed by atoms with Crippen molar-refractivity contribution in [2.24, 2.45) is 5.41 Å². The lowest BCUT2D eigenvalue weighted by Gasteiger charge is -2.35. The van der Waals surface area contributed by atoms with Gasteiger partial charge in [0.05, 0.1) is 10.7 Å². The fraction of sp³-hybridized carbons (Fsp3) is 0.750. The quantitative estimate of drug-likeness (QED) is 0.858. The van der Waals surface area contributed by atoms with Gasteiger partial charge in [-0.05, 0) is 11.8 Å². The number of thiazole rings is 1. The van der Waals surface area contributed by atoms with E-state index in [1.807, 2.05) is 4.90 Å². The van der Waals surface area contributed by atoms with Crippen LogP contribution < -0.4 is 0 Å². The molecule has 2 heterocycles. The van der Waals surface area contributed by atoms with Crippen LogP contribution in [0, 0.1) is 5.41 Å². The molecule has 1 saturated heterocycles. The fourth-order valence-electron chi connectivity index (χ4n) is 2.53. The van der Waals surface area contributed by atoms with Crippen molar-refractivity contribution in [1.82, 2.24) is 14.8 Å². The lowest BCUT2D eigenvalue weighted by molar-refractivity contribution is -0.134. The summed E-state index contributed by atoms with van der Waals surface area (Å²) in [4.78, 5) is 21.3. The van der Waals surface area contributed by atoms with Crippen molar-refractivity contribution in [2.45, 2.75) is 47.1 Å². The van der Waals surface area contributed by atoms with Crippen molar-refractivity contribution in [3.63, 3.8) is 0 Å². The van der Waals surface area contributed by atoms with Gasteiger partial charge in [-0.3, -0.25) is 9.69 Å². The topological polar surface area (TPSA) is 36.4 Å². The number of hydrogen-bond donors (Lipinski definition) is 0. The fourth-order valence-corrected chi connectivity index (χ4v) is 3.27. The largest absolute Gasteiger partial charge is 0.340 e. The van der Waals surface area contributed by atoms with Crippen molar-refractivity contribution in [1.29, 1.82) is 0 Å². The SMILES string of the molecule is CCc1nc(CN2CCN(C(=O)CC(C)(C)C)CC2)cs1. The molecule has 5 heteroatoms. The Kier molecular flexibility index (Phi) is 5.38. The summed E-state index contributed by atoms with van der Waals surface area (Å²) in [5.74, 6) is 0.295. The Balaban J connectivity index is 1.79. The van der Waals surface area contributed by atoms with Gasteiger partial charge in [0, 0.05) is 44.5 Å². The Morgan fingerprint density at radius 1 is 1.29 bits per heavy atom. The van der Waals surface area contributed by atoms with E-state index in [9.17, 15) is 4.79 Å². The summed E-state index contributed by atoms with van der Waals surface area (Å²) in [6, 6.07) is 0. The standard InChI is InChI=1S/C16H27N3OS/c1-5-14-17-13(12-21-14)11-18-6-8-19(9-7-18)15(20)10-16(2,3)4/h12H,5-11H2,1-4H3. The van der Waals surface area contributed by atoms with Crippen LogP contribution in [0.15, 0.2) is 5.38 Å². The van der Waals surface area contributed by atoms with E-state index in [4.69, 9.17) is 0 Å². The molecule has 0 radical (unpaired) electrons. The van der Waals surface area contributed by atoms with Crippen LogP contribution in [0.25, 0.3) is 0 Å². The van der Waals surface area contributed by atoms with E-state index in [2.05, 4.69) is 43.0 Å². The number of aromatic nitrogens is 1. The molecule has 0 aromatic carbocycles. The van der Waals surface area contributed by atoms with Crippen molar-refractivity contribution in [3.05, 3.63) is 16.1 Å². The van der Waals surface area contributed by atoms with Crippen molar-refractivity contribution in [2.75, 3.05) is 26.2 Å². The zero-order chi connectivity index (χ0) is 15.5. The van der Waals surface area contributed by atoms with E-state index in [-0.39, 0.29) is 5.41 Å². The second-order valence-electron chi connectivity index (χ2n) is 6.98. The zero-order valence-corrected chi connectivity index (χ0v) is 14.5. The zero-order valence-electron chi connectivity index (χ0n) is 13.7. The molecule has 1 aliphatic heterocycles. The number of carbonyl (C=O) groups excluding carboxylic acids is 1. The molecule has 4 nitrogen and oxygen atoms in total. The molecule has 0 aliphatic carbocycles. The number of amides is 1. The summed E-state index contributed by atoms with van der Waals surface area (Å²) in [5, 5.41) is 3.37. The molecular formula is C16H27N3OS. The summed E-state index contributed by atoms with van der Waals surface area (Å²) >= 11 is 1.75. The van der Waals surface area contributed by atoms with E-state index >= 15 is 0 Å². The molecule has 118 valence electrons. The number of piperazine rings is 1. The highest BCUT2D eigenvalue weighted by molar-refractivity contribution is 7.09. The third kappa shape index (κ3) is 5.08. The van der Waals surface area contributed by atoms with Crippen LogP contribution in [-0.2, 0) is 17.8 Å². The first-order chi connectivity index (χ1) is 9.87. The van der Waals surface area contributed by atoms with Crippen LogP contribution in [0.2, 0.25) is 0 Å². The maximum absolute atomic E-state index is 12.2. The molecule has 0 atom stereocenters. The summed E-state index contributed by atoms with van der Waals surface area (Å²) in [7, 11) is 0. The van der Waals surface area contributed by atoms with Gasteiger partial charge in [0.15, 0.2) is 0 Å². The smallest absolute Gasteiger partial charge is 0.223 e. The van der Waals surface area contributed by atoms with Crippen LogP contribution in [0.1, 0.15) is 44.8 Å². The second kappa shape index (κ2) is 6.88. The van der Waals surface area contributed by atoms with E-state index in [0.29, 0.717) is 12.3 Å². The summed E-state index contributed by atoms with van der Waals surface area (Å²) in [5.41, 5.74) is 1.25. The van der Waals surface area contributed by atoms with Crippen LogP contribution in [0.5, 0.6) is 0 Å². The maximum atomic E-state index is 12.2. The summed E-state index contributed by atoms with van der Waals surface area (Å²) in [6.45, 7) is 13.0. The van der Waals surface area contributed by atoms with Crippen LogP contribution in [0.3, 0.4) is 0 Å². The number of rotatable bonds is 4.